The summed E-state index contributed by atoms with van der Waals surface area (Å²) in [5, 5.41) is 3.42. The molecule has 4 nitrogen and oxygen atoms in total. The fourth-order valence-electron chi connectivity index (χ4n) is 1.78. The van der Waals surface area contributed by atoms with Gasteiger partial charge in [0.1, 0.15) is 5.75 Å². The Morgan fingerprint density at radius 3 is 2.65 bits per heavy atom. The molecule has 0 aromatic heterocycles. The van der Waals surface area contributed by atoms with Gasteiger partial charge in [-0.25, -0.2) is 0 Å². The third kappa shape index (κ3) is 3.03. The Morgan fingerprint density at radius 2 is 2.00 bits per heavy atom. The molecule has 0 bridgehead atoms. The number of rotatable bonds is 3. The molecule has 0 fully saturated rings. The molecule has 5 heteroatoms. The van der Waals surface area contributed by atoms with Crippen molar-refractivity contribution < 1.29 is 9.53 Å². The summed E-state index contributed by atoms with van der Waals surface area (Å²) in [5.74, 6) is 0.312. The Labute approximate surface area is 122 Å². The third-order valence-electron chi connectivity index (χ3n) is 2.91. The van der Waals surface area contributed by atoms with Crippen molar-refractivity contribution in [2.75, 3.05) is 18.2 Å². The van der Waals surface area contributed by atoms with E-state index < -0.39 is 0 Å². The molecule has 2 rings (SSSR count). The SMILES string of the molecule is COc1cc(NC(=O)c2ccc(Cl)c(C)c2)ccc1N. The zero-order valence-corrected chi connectivity index (χ0v) is 12.0. The fourth-order valence-corrected chi connectivity index (χ4v) is 1.90. The summed E-state index contributed by atoms with van der Waals surface area (Å²) in [4.78, 5) is 12.1. The maximum Gasteiger partial charge on any atom is 0.255 e. The number of benzene rings is 2. The van der Waals surface area contributed by atoms with E-state index in [0.717, 1.165) is 5.56 Å². The van der Waals surface area contributed by atoms with Crippen LogP contribution in [0.3, 0.4) is 0 Å². The van der Waals surface area contributed by atoms with Crippen molar-refractivity contribution in [2.45, 2.75) is 6.92 Å². The van der Waals surface area contributed by atoms with Crippen molar-refractivity contribution in [3.8, 4) is 5.75 Å². The molecule has 0 saturated heterocycles. The van der Waals surface area contributed by atoms with Crippen LogP contribution < -0.4 is 15.8 Å². The molecule has 104 valence electrons. The number of carbonyl (C=O) groups is 1. The highest BCUT2D eigenvalue weighted by atomic mass is 35.5. The number of hydrogen-bond donors (Lipinski definition) is 2. The van der Waals surface area contributed by atoms with E-state index in [9.17, 15) is 4.79 Å². The first-order valence-corrected chi connectivity index (χ1v) is 6.40. The van der Waals surface area contributed by atoms with Gasteiger partial charge in [0.15, 0.2) is 0 Å². The number of nitrogens with two attached hydrogens (primary N) is 1. The molecule has 2 aromatic rings. The fraction of sp³-hybridized carbons (Fsp3) is 0.133. The number of hydrogen-bond acceptors (Lipinski definition) is 3. The van der Waals surface area contributed by atoms with Gasteiger partial charge in [-0.2, -0.15) is 0 Å². The molecule has 0 radical (unpaired) electrons. The van der Waals surface area contributed by atoms with Gasteiger partial charge in [0.25, 0.3) is 5.91 Å². The smallest absolute Gasteiger partial charge is 0.255 e. The average Bonchev–Trinajstić information content (AvgIpc) is 2.43. The van der Waals surface area contributed by atoms with Gasteiger partial charge in [-0.3, -0.25) is 4.79 Å². The molecule has 0 heterocycles. The topological polar surface area (TPSA) is 64.3 Å². The van der Waals surface area contributed by atoms with Gasteiger partial charge in [-0.1, -0.05) is 11.6 Å². The number of ether oxygens (including phenoxy) is 1. The van der Waals surface area contributed by atoms with Gasteiger partial charge in [0.05, 0.1) is 12.8 Å². The maximum atomic E-state index is 12.1. The summed E-state index contributed by atoms with van der Waals surface area (Å²) in [6, 6.07) is 10.2. The van der Waals surface area contributed by atoms with Gasteiger partial charge in [0.2, 0.25) is 0 Å². The number of aryl methyl sites for hydroxylation is 1. The lowest BCUT2D eigenvalue weighted by Gasteiger charge is -2.09. The summed E-state index contributed by atoms with van der Waals surface area (Å²) in [5.41, 5.74) is 8.27. The first-order chi connectivity index (χ1) is 9.51. The van der Waals surface area contributed by atoms with Crippen LogP contribution in [0.15, 0.2) is 36.4 Å². The van der Waals surface area contributed by atoms with Crippen LogP contribution in [0.5, 0.6) is 5.75 Å². The van der Waals surface area contributed by atoms with Gasteiger partial charge >= 0.3 is 0 Å². The van der Waals surface area contributed by atoms with E-state index in [4.69, 9.17) is 22.1 Å². The second kappa shape index (κ2) is 5.84. The molecule has 1 amide bonds. The predicted octanol–water partition coefficient (Wildman–Crippen LogP) is 3.49. The van der Waals surface area contributed by atoms with Crippen molar-refractivity contribution >= 4 is 28.9 Å². The lowest BCUT2D eigenvalue weighted by molar-refractivity contribution is 0.102. The Morgan fingerprint density at radius 1 is 1.25 bits per heavy atom. The van der Waals surface area contributed by atoms with Crippen molar-refractivity contribution in [3.05, 3.63) is 52.5 Å². The number of halogens is 1. The molecular formula is C15H15ClN2O2. The highest BCUT2D eigenvalue weighted by Gasteiger charge is 2.09. The van der Waals surface area contributed by atoms with Crippen LogP contribution in [-0.2, 0) is 0 Å². The van der Waals surface area contributed by atoms with E-state index in [2.05, 4.69) is 5.32 Å². The first kappa shape index (κ1) is 14.2. The zero-order chi connectivity index (χ0) is 14.7. The molecule has 0 unspecified atom stereocenters. The number of anilines is 2. The van der Waals surface area contributed by atoms with Crippen LogP contribution >= 0.6 is 11.6 Å². The minimum Gasteiger partial charge on any atom is -0.495 e. The first-order valence-electron chi connectivity index (χ1n) is 6.02. The minimum absolute atomic E-state index is 0.211. The van der Waals surface area contributed by atoms with Crippen molar-refractivity contribution in [3.63, 3.8) is 0 Å². The molecular weight excluding hydrogens is 276 g/mol. The number of carbonyl (C=O) groups excluding carboxylic acids is 1. The number of methoxy groups -OCH3 is 1. The standard InChI is InChI=1S/C15H15ClN2O2/c1-9-7-10(3-5-12(9)16)15(19)18-11-4-6-13(17)14(8-11)20-2/h3-8H,17H2,1-2H3,(H,18,19). The summed E-state index contributed by atoms with van der Waals surface area (Å²) >= 11 is 5.94. The van der Waals surface area contributed by atoms with Crippen LogP contribution in [0.25, 0.3) is 0 Å². The number of nitrogen functional groups attached to an aromatic ring is 1. The zero-order valence-electron chi connectivity index (χ0n) is 11.2. The average molecular weight is 291 g/mol. The predicted molar refractivity (Wildman–Crippen MR) is 81.5 cm³/mol. The van der Waals surface area contributed by atoms with Crippen LogP contribution in [0.2, 0.25) is 5.02 Å². The van der Waals surface area contributed by atoms with Crippen LogP contribution in [0.1, 0.15) is 15.9 Å². The van der Waals surface area contributed by atoms with Gasteiger partial charge < -0.3 is 15.8 Å². The molecule has 0 spiro atoms. The Hall–Kier alpha value is -2.20. The van der Waals surface area contributed by atoms with E-state index in [1.165, 1.54) is 7.11 Å². The molecule has 3 N–H and O–H groups in total. The van der Waals surface area contributed by atoms with Crippen molar-refractivity contribution in [1.82, 2.24) is 0 Å². The summed E-state index contributed by atoms with van der Waals surface area (Å²) in [6.45, 7) is 1.85. The van der Waals surface area contributed by atoms with Crippen molar-refractivity contribution in [2.24, 2.45) is 0 Å². The van der Waals surface area contributed by atoms with E-state index >= 15 is 0 Å². The minimum atomic E-state index is -0.211. The van der Waals surface area contributed by atoms with Gasteiger partial charge in [-0.05, 0) is 42.8 Å². The molecule has 0 atom stereocenters. The molecule has 0 saturated carbocycles. The van der Waals surface area contributed by atoms with Crippen molar-refractivity contribution in [1.29, 1.82) is 0 Å². The number of amides is 1. The van der Waals surface area contributed by atoms with Crippen LogP contribution in [0.4, 0.5) is 11.4 Å². The second-order valence-electron chi connectivity index (χ2n) is 4.37. The van der Waals surface area contributed by atoms with Crippen LogP contribution in [-0.4, -0.2) is 13.0 Å². The molecule has 2 aromatic carbocycles. The van der Waals surface area contributed by atoms with E-state index in [-0.39, 0.29) is 5.91 Å². The highest BCUT2D eigenvalue weighted by Crippen LogP contribution is 2.25. The van der Waals surface area contributed by atoms with E-state index in [0.29, 0.717) is 27.7 Å². The Kier molecular flexibility index (Phi) is 4.15. The largest absolute Gasteiger partial charge is 0.495 e. The summed E-state index contributed by atoms with van der Waals surface area (Å²) in [7, 11) is 1.53. The van der Waals surface area contributed by atoms with Crippen LogP contribution in [0, 0.1) is 6.92 Å². The lowest BCUT2D eigenvalue weighted by atomic mass is 10.1. The molecule has 20 heavy (non-hydrogen) atoms. The lowest BCUT2D eigenvalue weighted by Crippen LogP contribution is -2.12. The monoisotopic (exact) mass is 290 g/mol. The Bertz CT molecular complexity index is 656. The third-order valence-corrected chi connectivity index (χ3v) is 3.34. The van der Waals surface area contributed by atoms with E-state index in [1.54, 1.807) is 36.4 Å². The second-order valence-corrected chi connectivity index (χ2v) is 4.78. The molecule has 0 aliphatic rings. The summed E-state index contributed by atoms with van der Waals surface area (Å²) in [6.07, 6.45) is 0. The summed E-state index contributed by atoms with van der Waals surface area (Å²) < 4.78 is 5.11. The van der Waals surface area contributed by atoms with E-state index in [1.807, 2.05) is 6.92 Å². The normalized spacial score (nSPS) is 10.2. The highest BCUT2D eigenvalue weighted by molar-refractivity contribution is 6.31. The maximum absolute atomic E-state index is 12.1. The molecule has 0 aliphatic heterocycles. The van der Waals surface area contributed by atoms with Gasteiger partial charge in [0, 0.05) is 22.3 Å². The quantitative estimate of drug-likeness (QED) is 0.851. The Balaban J connectivity index is 2.21. The molecule has 0 aliphatic carbocycles. The van der Waals surface area contributed by atoms with Gasteiger partial charge in [-0.15, -0.1) is 0 Å². The number of nitrogens with one attached hydrogen (secondary N) is 1.